The van der Waals surface area contributed by atoms with Crippen molar-refractivity contribution in [2.24, 2.45) is 0 Å². The molecular formula is C12H20N2O6. The predicted molar refractivity (Wildman–Crippen MR) is 65.8 cm³/mol. The van der Waals surface area contributed by atoms with Gasteiger partial charge in [-0.05, 0) is 25.7 Å². The molecule has 2 aliphatic heterocycles. The van der Waals surface area contributed by atoms with Crippen LogP contribution in [0, 0.1) is 0 Å². The molecule has 2 fully saturated rings. The highest BCUT2D eigenvalue weighted by Crippen LogP contribution is 2.12. The summed E-state index contributed by atoms with van der Waals surface area (Å²) in [5.41, 5.74) is 0. The quantitative estimate of drug-likeness (QED) is 0.652. The lowest BCUT2D eigenvalue weighted by atomic mass is 10.2. The summed E-state index contributed by atoms with van der Waals surface area (Å²) in [6, 6.07) is 0. The summed E-state index contributed by atoms with van der Waals surface area (Å²) >= 11 is 0. The summed E-state index contributed by atoms with van der Waals surface area (Å²) < 4.78 is 0. The van der Waals surface area contributed by atoms with E-state index in [0.717, 1.165) is 25.7 Å². The zero-order valence-corrected chi connectivity index (χ0v) is 11.2. The molecule has 0 saturated carbocycles. The van der Waals surface area contributed by atoms with Gasteiger partial charge in [-0.1, -0.05) is 0 Å². The Morgan fingerprint density at radius 3 is 1.35 bits per heavy atom. The van der Waals surface area contributed by atoms with Crippen LogP contribution in [-0.4, -0.2) is 70.7 Å². The van der Waals surface area contributed by atoms with Crippen molar-refractivity contribution in [2.75, 3.05) is 26.2 Å². The van der Waals surface area contributed by atoms with Crippen LogP contribution in [-0.2, 0) is 19.3 Å². The van der Waals surface area contributed by atoms with E-state index in [1.807, 2.05) is 0 Å². The number of carbonyl (C=O) groups is 2. The normalized spacial score (nSPS) is 23.5. The van der Waals surface area contributed by atoms with Gasteiger partial charge in [-0.25, -0.2) is 9.59 Å². The number of hydroxylamine groups is 4. The molecule has 2 heterocycles. The van der Waals surface area contributed by atoms with E-state index >= 15 is 0 Å². The lowest BCUT2D eigenvalue weighted by Gasteiger charge is -2.21. The third-order valence-electron chi connectivity index (χ3n) is 3.35. The van der Waals surface area contributed by atoms with Gasteiger partial charge in [0.2, 0.25) is 0 Å². The Morgan fingerprint density at radius 1 is 0.750 bits per heavy atom. The van der Waals surface area contributed by atoms with Gasteiger partial charge < -0.3 is 19.9 Å². The molecule has 2 N–H and O–H groups in total. The largest absolute Gasteiger partial charge is 0.379 e. The highest BCUT2D eigenvalue weighted by Gasteiger charge is 2.36. The molecule has 0 aromatic heterocycles. The molecule has 8 nitrogen and oxygen atoms in total. The SMILES string of the molecule is O=C(ON1CCCC1)C(O)C(O)C(=O)ON1CCCC1. The summed E-state index contributed by atoms with van der Waals surface area (Å²) in [5, 5.41) is 22.1. The van der Waals surface area contributed by atoms with Crippen LogP contribution in [0.5, 0.6) is 0 Å². The first-order valence-corrected chi connectivity index (χ1v) is 6.87. The van der Waals surface area contributed by atoms with Gasteiger partial charge in [0, 0.05) is 26.2 Å². The minimum Gasteiger partial charge on any atom is -0.379 e. The van der Waals surface area contributed by atoms with E-state index in [-0.39, 0.29) is 0 Å². The van der Waals surface area contributed by atoms with E-state index in [0.29, 0.717) is 26.2 Å². The van der Waals surface area contributed by atoms with Crippen molar-refractivity contribution in [3.63, 3.8) is 0 Å². The van der Waals surface area contributed by atoms with Gasteiger partial charge in [0.25, 0.3) is 0 Å². The summed E-state index contributed by atoms with van der Waals surface area (Å²) in [7, 11) is 0. The fourth-order valence-corrected chi connectivity index (χ4v) is 2.18. The highest BCUT2D eigenvalue weighted by atomic mass is 16.7. The number of aliphatic hydroxyl groups excluding tert-OH is 2. The third-order valence-corrected chi connectivity index (χ3v) is 3.35. The van der Waals surface area contributed by atoms with Crippen LogP contribution in [0.4, 0.5) is 0 Å². The maximum Gasteiger partial charge on any atom is 0.357 e. The van der Waals surface area contributed by atoms with Crippen LogP contribution in [0.25, 0.3) is 0 Å². The van der Waals surface area contributed by atoms with Crippen LogP contribution in [0.15, 0.2) is 0 Å². The van der Waals surface area contributed by atoms with Crippen LogP contribution >= 0.6 is 0 Å². The number of carbonyl (C=O) groups excluding carboxylic acids is 2. The molecule has 0 radical (unpaired) electrons. The Balaban J connectivity index is 1.78. The molecule has 20 heavy (non-hydrogen) atoms. The minimum atomic E-state index is -1.94. The molecule has 8 heteroatoms. The summed E-state index contributed by atoms with van der Waals surface area (Å²) in [4.78, 5) is 32.9. The molecule has 114 valence electrons. The Kier molecular flexibility index (Phi) is 5.30. The first-order valence-electron chi connectivity index (χ1n) is 6.87. The topological polar surface area (TPSA) is 99.5 Å². The van der Waals surface area contributed by atoms with E-state index in [9.17, 15) is 19.8 Å². The molecule has 2 atom stereocenters. The predicted octanol–water partition coefficient (Wildman–Crippen LogP) is -1.18. The Bertz CT molecular complexity index is 318. The Hall–Kier alpha value is -1.22. The van der Waals surface area contributed by atoms with Crippen molar-refractivity contribution in [1.29, 1.82) is 0 Å². The van der Waals surface area contributed by atoms with Gasteiger partial charge in [-0.3, -0.25) is 0 Å². The second-order valence-corrected chi connectivity index (χ2v) is 4.98. The molecule has 0 aliphatic carbocycles. The fourth-order valence-electron chi connectivity index (χ4n) is 2.18. The van der Waals surface area contributed by atoms with Gasteiger partial charge in [0.1, 0.15) is 0 Å². The fraction of sp³-hybridized carbons (Fsp3) is 0.833. The highest BCUT2D eigenvalue weighted by molar-refractivity contribution is 5.84. The number of rotatable bonds is 5. The average molecular weight is 288 g/mol. The number of hydrogen-bond acceptors (Lipinski definition) is 8. The summed E-state index contributed by atoms with van der Waals surface area (Å²) in [6.45, 7) is 2.36. The number of nitrogens with zero attached hydrogens (tertiary/aromatic N) is 2. The number of hydrogen-bond donors (Lipinski definition) is 2. The molecule has 2 unspecified atom stereocenters. The van der Waals surface area contributed by atoms with Crippen molar-refractivity contribution in [3.8, 4) is 0 Å². The van der Waals surface area contributed by atoms with Gasteiger partial charge in [0.15, 0.2) is 12.2 Å². The molecular weight excluding hydrogens is 268 g/mol. The average Bonchev–Trinajstić information content (AvgIpc) is 3.10. The second kappa shape index (κ2) is 6.98. The van der Waals surface area contributed by atoms with Crippen LogP contribution in [0.2, 0.25) is 0 Å². The van der Waals surface area contributed by atoms with Gasteiger partial charge in [0.05, 0.1) is 0 Å². The Labute approximate surface area is 116 Å². The van der Waals surface area contributed by atoms with Crippen molar-refractivity contribution in [3.05, 3.63) is 0 Å². The van der Waals surface area contributed by atoms with Crippen molar-refractivity contribution >= 4 is 11.9 Å². The first kappa shape index (κ1) is 15.2. The molecule has 0 bridgehead atoms. The van der Waals surface area contributed by atoms with E-state index in [4.69, 9.17) is 9.68 Å². The standard InChI is InChI=1S/C12H20N2O6/c15-9(11(17)19-13-5-1-2-6-13)10(16)12(18)20-14-7-3-4-8-14/h9-10,15-16H,1-8H2. The third kappa shape index (κ3) is 3.89. The van der Waals surface area contributed by atoms with Gasteiger partial charge in [-0.2, -0.15) is 0 Å². The molecule has 2 aliphatic rings. The second-order valence-electron chi connectivity index (χ2n) is 4.98. The Morgan fingerprint density at radius 2 is 1.05 bits per heavy atom. The van der Waals surface area contributed by atoms with Gasteiger partial charge in [-0.15, -0.1) is 10.1 Å². The molecule has 2 rings (SSSR count). The molecule has 2 saturated heterocycles. The summed E-state index contributed by atoms with van der Waals surface area (Å²) in [6.07, 6.45) is -0.256. The monoisotopic (exact) mass is 288 g/mol. The maximum absolute atomic E-state index is 11.6. The number of aliphatic hydroxyl groups is 2. The van der Waals surface area contributed by atoms with Gasteiger partial charge >= 0.3 is 11.9 Å². The molecule has 0 amide bonds. The van der Waals surface area contributed by atoms with Crippen LogP contribution < -0.4 is 0 Å². The lowest BCUT2D eigenvalue weighted by molar-refractivity contribution is -0.214. The zero-order valence-electron chi connectivity index (χ0n) is 11.2. The van der Waals surface area contributed by atoms with Crippen molar-refractivity contribution in [2.45, 2.75) is 37.9 Å². The van der Waals surface area contributed by atoms with E-state index in [2.05, 4.69) is 0 Å². The molecule has 0 aromatic carbocycles. The maximum atomic E-state index is 11.6. The van der Waals surface area contributed by atoms with E-state index < -0.39 is 24.1 Å². The molecule has 0 spiro atoms. The minimum absolute atomic E-state index is 0.590. The van der Waals surface area contributed by atoms with Crippen LogP contribution in [0.3, 0.4) is 0 Å². The van der Waals surface area contributed by atoms with Crippen LogP contribution in [0.1, 0.15) is 25.7 Å². The van der Waals surface area contributed by atoms with E-state index in [1.54, 1.807) is 0 Å². The molecule has 0 aromatic rings. The van der Waals surface area contributed by atoms with Crippen molar-refractivity contribution in [1.82, 2.24) is 10.1 Å². The first-order chi connectivity index (χ1) is 9.58. The summed E-state index contributed by atoms with van der Waals surface area (Å²) in [5.74, 6) is -2.09. The van der Waals surface area contributed by atoms with E-state index in [1.165, 1.54) is 10.1 Å². The smallest absolute Gasteiger partial charge is 0.357 e. The van der Waals surface area contributed by atoms with Crippen molar-refractivity contribution < 1.29 is 29.5 Å². The lowest BCUT2D eigenvalue weighted by Crippen LogP contribution is -2.45. The zero-order chi connectivity index (χ0) is 14.5.